The number of hydrogen-bond donors (Lipinski definition) is 1. The van der Waals surface area contributed by atoms with Gasteiger partial charge < -0.3 is 10.2 Å². The number of hydrogen-bond acceptors (Lipinski definition) is 2. The zero-order chi connectivity index (χ0) is 18.6. The summed E-state index contributed by atoms with van der Waals surface area (Å²) in [4.78, 5) is 26.2. The third kappa shape index (κ3) is 4.60. The number of amides is 2. The van der Waals surface area contributed by atoms with Gasteiger partial charge in [0, 0.05) is 17.6 Å². The average molecular weight is 359 g/mol. The number of aryl methyl sites for hydroxylation is 3. The molecule has 0 fully saturated rings. The van der Waals surface area contributed by atoms with Crippen LogP contribution in [0.5, 0.6) is 0 Å². The highest BCUT2D eigenvalue weighted by Gasteiger charge is 2.20. The molecule has 5 heteroatoms. The molecule has 2 aromatic carbocycles. The Morgan fingerprint density at radius 2 is 1.84 bits per heavy atom. The lowest BCUT2D eigenvalue weighted by molar-refractivity contribution is -0.120. The van der Waals surface area contributed by atoms with E-state index in [2.05, 4.69) is 5.32 Å². The first-order valence-corrected chi connectivity index (χ1v) is 8.63. The third-order valence-electron chi connectivity index (χ3n) is 4.11. The number of nitrogens with zero attached hydrogens (tertiary/aromatic N) is 1. The summed E-state index contributed by atoms with van der Waals surface area (Å²) in [6, 6.07) is 11.2. The molecule has 132 valence electrons. The van der Waals surface area contributed by atoms with E-state index < -0.39 is 0 Å². The predicted octanol–water partition coefficient (Wildman–Crippen LogP) is 4.51. The standard InChI is InChI=1S/C20H23ClN2O2/c1-5-16-8-6-7-14(3)20(16)23(15(4)24)12-19(25)22-17-10-9-13(2)18(21)11-17/h6-11H,5,12H2,1-4H3,(H,22,25). The van der Waals surface area contributed by atoms with Crippen molar-refractivity contribution in [2.24, 2.45) is 0 Å². The maximum Gasteiger partial charge on any atom is 0.244 e. The minimum atomic E-state index is -0.263. The molecule has 0 saturated carbocycles. The van der Waals surface area contributed by atoms with Crippen molar-refractivity contribution in [3.8, 4) is 0 Å². The number of para-hydroxylation sites is 1. The predicted molar refractivity (Wildman–Crippen MR) is 103 cm³/mol. The molecule has 4 nitrogen and oxygen atoms in total. The van der Waals surface area contributed by atoms with Crippen molar-refractivity contribution in [2.45, 2.75) is 34.1 Å². The summed E-state index contributed by atoms with van der Waals surface area (Å²) < 4.78 is 0. The van der Waals surface area contributed by atoms with Crippen molar-refractivity contribution in [3.63, 3.8) is 0 Å². The Hall–Kier alpha value is -2.33. The summed E-state index contributed by atoms with van der Waals surface area (Å²) in [5.74, 6) is -0.429. The fourth-order valence-corrected chi connectivity index (χ4v) is 2.93. The molecule has 0 heterocycles. The molecule has 2 amide bonds. The summed E-state index contributed by atoms with van der Waals surface area (Å²) in [6.07, 6.45) is 0.788. The molecule has 0 unspecified atom stereocenters. The van der Waals surface area contributed by atoms with Gasteiger partial charge >= 0.3 is 0 Å². The molecule has 0 bridgehead atoms. The Labute approximate surface area is 153 Å². The number of carbonyl (C=O) groups is 2. The summed E-state index contributed by atoms with van der Waals surface area (Å²) in [7, 11) is 0. The minimum absolute atomic E-state index is 0.0430. The first-order valence-electron chi connectivity index (χ1n) is 8.26. The highest BCUT2D eigenvalue weighted by atomic mass is 35.5. The van der Waals surface area contributed by atoms with Crippen LogP contribution in [0.2, 0.25) is 5.02 Å². The Kier molecular flexibility index (Phi) is 6.21. The maximum absolute atomic E-state index is 12.5. The van der Waals surface area contributed by atoms with E-state index in [4.69, 9.17) is 11.6 Å². The number of anilines is 2. The van der Waals surface area contributed by atoms with Gasteiger partial charge in [-0.25, -0.2) is 0 Å². The van der Waals surface area contributed by atoms with Crippen molar-refractivity contribution in [3.05, 3.63) is 58.1 Å². The van der Waals surface area contributed by atoms with Gasteiger partial charge in [-0.2, -0.15) is 0 Å². The van der Waals surface area contributed by atoms with E-state index in [1.54, 1.807) is 12.1 Å². The van der Waals surface area contributed by atoms with Crippen LogP contribution in [-0.2, 0) is 16.0 Å². The molecule has 0 aromatic heterocycles. The second-order valence-electron chi connectivity index (χ2n) is 6.05. The number of nitrogens with one attached hydrogen (secondary N) is 1. The van der Waals surface area contributed by atoms with E-state index in [1.807, 2.05) is 45.0 Å². The van der Waals surface area contributed by atoms with Crippen LogP contribution in [0.1, 0.15) is 30.5 Å². The van der Waals surface area contributed by atoms with Crippen LogP contribution >= 0.6 is 11.6 Å². The Morgan fingerprint density at radius 3 is 2.44 bits per heavy atom. The van der Waals surface area contributed by atoms with Gasteiger partial charge in [-0.15, -0.1) is 0 Å². The summed E-state index contributed by atoms with van der Waals surface area (Å²) in [6.45, 7) is 7.31. The highest BCUT2D eigenvalue weighted by molar-refractivity contribution is 6.31. The van der Waals surface area contributed by atoms with E-state index in [-0.39, 0.29) is 18.4 Å². The Balaban J connectivity index is 2.23. The van der Waals surface area contributed by atoms with E-state index in [9.17, 15) is 9.59 Å². The molecular formula is C20H23ClN2O2. The normalized spacial score (nSPS) is 10.4. The second kappa shape index (κ2) is 8.17. The Bertz CT molecular complexity index is 802. The maximum atomic E-state index is 12.5. The second-order valence-corrected chi connectivity index (χ2v) is 6.46. The summed E-state index contributed by atoms with van der Waals surface area (Å²) >= 11 is 6.09. The molecule has 0 aliphatic rings. The van der Waals surface area contributed by atoms with Gasteiger partial charge in [0.25, 0.3) is 0 Å². The van der Waals surface area contributed by atoms with Crippen molar-refractivity contribution < 1.29 is 9.59 Å². The zero-order valence-electron chi connectivity index (χ0n) is 15.0. The molecule has 0 atom stereocenters. The molecule has 0 aliphatic carbocycles. The van der Waals surface area contributed by atoms with Crippen molar-refractivity contribution >= 4 is 34.8 Å². The summed E-state index contributed by atoms with van der Waals surface area (Å²) in [5, 5.41) is 3.40. The number of rotatable bonds is 5. The lowest BCUT2D eigenvalue weighted by atomic mass is 10.0. The smallest absolute Gasteiger partial charge is 0.244 e. The SMILES string of the molecule is CCc1cccc(C)c1N(CC(=O)Nc1ccc(C)c(Cl)c1)C(C)=O. The van der Waals surface area contributed by atoms with Gasteiger partial charge in [0.15, 0.2) is 0 Å². The molecule has 0 spiro atoms. The van der Waals surface area contributed by atoms with Gasteiger partial charge in [-0.3, -0.25) is 9.59 Å². The lowest BCUT2D eigenvalue weighted by Gasteiger charge is -2.25. The van der Waals surface area contributed by atoms with Gasteiger partial charge in [0.2, 0.25) is 11.8 Å². The fraction of sp³-hybridized carbons (Fsp3) is 0.300. The first kappa shape index (κ1) is 19.0. The molecule has 0 aliphatic heterocycles. The van der Waals surface area contributed by atoms with Crippen LogP contribution < -0.4 is 10.2 Å². The van der Waals surface area contributed by atoms with Crippen LogP contribution in [0.4, 0.5) is 11.4 Å². The van der Waals surface area contributed by atoms with Crippen LogP contribution in [0.3, 0.4) is 0 Å². The summed E-state index contributed by atoms with van der Waals surface area (Å²) in [5.41, 5.74) is 4.39. The van der Waals surface area contributed by atoms with Gasteiger partial charge in [0.05, 0.1) is 5.69 Å². The first-order chi connectivity index (χ1) is 11.8. The van der Waals surface area contributed by atoms with Crippen LogP contribution in [0, 0.1) is 13.8 Å². The van der Waals surface area contributed by atoms with E-state index in [0.29, 0.717) is 10.7 Å². The van der Waals surface area contributed by atoms with E-state index in [1.165, 1.54) is 11.8 Å². The molecular weight excluding hydrogens is 336 g/mol. The molecule has 2 rings (SSSR count). The average Bonchev–Trinajstić information content (AvgIpc) is 2.56. The van der Waals surface area contributed by atoms with Crippen molar-refractivity contribution in [1.29, 1.82) is 0 Å². The molecule has 1 N–H and O–H groups in total. The number of halogens is 1. The zero-order valence-corrected chi connectivity index (χ0v) is 15.8. The minimum Gasteiger partial charge on any atom is -0.324 e. The van der Waals surface area contributed by atoms with Gasteiger partial charge in [0.1, 0.15) is 6.54 Å². The molecule has 25 heavy (non-hydrogen) atoms. The lowest BCUT2D eigenvalue weighted by Crippen LogP contribution is -2.37. The molecule has 2 aromatic rings. The number of carbonyl (C=O) groups excluding carboxylic acids is 2. The molecule has 0 radical (unpaired) electrons. The van der Waals surface area contributed by atoms with Crippen LogP contribution in [0.15, 0.2) is 36.4 Å². The Morgan fingerprint density at radius 1 is 1.12 bits per heavy atom. The highest BCUT2D eigenvalue weighted by Crippen LogP contribution is 2.26. The van der Waals surface area contributed by atoms with Crippen LogP contribution in [0.25, 0.3) is 0 Å². The van der Waals surface area contributed by atoms with E-state index in [0.717, 1.165) is 28.8 Å². The fourth-order valence-electron chi connectivity index (χ4n) is 2.75. The quantitative estimate of drug-likeness (QED) is 0.854. The van der Waals surface area contributed by atoms with E-state index >= 15 is 0 Å². The largest absolute Gasteiger partial charge is 0.324 e. The van der Waals surface area contributed by atoms with Crippen LogP contribution in [-0.4, -0.2) is 18.4 Å². The van der Waals surface area contributed by atoms with Crippen molar-refractivity contribution in [2.75, 3.05) is 16.8 Å². The monoisotopic (exact) mass is 358 g/mol. The molecule has 0 saturated heterocycles. The third-order valence-corrected chi connectivity index (χ3v) is 4.52. The number of benzene rings is 2. The van der Waals surface area contributed by atoms with Gasteiger partial charge in [-0.05, 0) is 49.1 Å². The van der Waals surface area contributed by atoms with Gasteiger partial charge in [-0.1, -0.05) is 42.8 Å². The van der Waals surface area contributed by atoms with Crippen molar-refractivity contribution in [1.82, 2.24) is 0 Å². The topological polar surface area (TPSA) is 49.4 Å².